The van der Waals surface area contributed by atoms with Gasteiger partial charge in [0.05, 0.1) is 6.61 Å². The van der Waals surface area contributed by atoms with Crippen LogP contribution < -0.4 is 5.73 Å². The van der Waals surface area contributed by atoms with Crippen LogP contribution in [0.5, 0.6) is 0 Å². The Morgan fingerprint density at radius 1 is 1.58 bits per heavy atom. The van der Waals surface area contributed by atoms with Gasteiger partial charge in [-0.25, -0.2) is 0 Å². The average molecular weight is 167 g/mol. The number of nitrogen functional groups attached to an aromatic ring is 1. The van der Waals surface area contributed by atoms with Crippen LogP contribution in [-0.2, 0) is 4.74 Å². The summed E-state index contributed by atoms with van der Waals surface area (Å²) >= 11 is 0. The SMILES string of the molecule is COC[C@H](O)c1cccc(N)c1. The minimum absolute atomic E-state index is 0.295. The summed E-state index contributed by atoms with van der Waals surface area (Å²) in [5.74, 6) is 0. The average Bonchev–Trinajstić information content (AvgIpc) is 2.05. The molecule has 0 heterocycles. The number of nitrogens with two attached hydrogens (primary N) is 1. The molecule has 1 aromatic rings. The van der Waals surface area contributed by atoms with Crippen molar-refractivity contribution < 1.29 is 9.84 Å². The molecule has 0 bridgehead atoms. The smallest absolute Gasteiger partial charge is 0.102 e. The summed E-state index contributed by atoms with van der Waals surface area (Å²) in [6.45, 7) is 0.295. The zero-order valence-corrected chi connectivity index (χ0v) is 7.03. The molecule has 1 rings (SSSR count). The maximum atomic E-state index is 9.46. The summed E-state index contributed by atoms with van der Waals surface area (Å²) in [5, 5.41) is 9.46. The van der Waals surface area contributed by atoms with Crippen LogP contribution in [0.3, 0.4) is 0 Å². The number of aliphatic hydroxyl groups excluding tert-OH is 1. The van der Waals surface area contributed by atoms with E-state index in [2.05, 4.69) is 0 Å². The van der Waals surface area contributed by atoms with Gasteiger partial charge < -0.3 is 15.6 Å². The van der Waals surface area contributed by atoms with E-state index in [1.807, 2.05) is 12.1 Å². The van der Waals surface area contributed by atoms with Crippen LogP contribution in [0.15, 0.2) is 24.3 Å². The quantitative estimate of drug-likeness (QED) is 0.659. The summed E-state index contributed by atoms with van der Waals surface area (Å²) in [6.07, 6.45) is -0.585. The van der Waals surface area contributed by atoms with E-state index in [1.165, 1.54) is 0 Å². The molecule has 3 heteroatoms. The summed E-state index contributed by atoms with van der Waals surface area (Å²) in [7, 11) is 1.55. The highest BCUT2D eigenvalue weighted by Crippen LogP contribution is 2.15. The molecule has 0 amide bonds. The lowest BCUT2D eigenvalue weighted by molar-refractivity contribution is 0.0644. The van der Waals surface area contributed by atoms with Crippen molar-refractivity contribution in [2.75, 3.05) is 19.5 Å². The Morgan fingerprint density at radius 2 is 2.33 bits per heavy atom. The molecule has 0 aliphatic rings. The second kappa shape index (κ2) is 4.09. The van der Waals surface area contributed by atoms with Gasteiger partial charge in [0.1, 0.15) is 6.10 Å². The van der Waals surface area contributed by atoms with Crippen molar-refractivity contribution in [1.29, 1.82) is 0 Å². The van der Waals surface area contributed by atoms with Crippen LogP contribution >= 0.6 is 0 Å². The number of methoxy groups -OCH3 is 1. The van der Waals surface area contributed by atoms with Gasteiger partial charge in [0.15, 0.2) is 0 Å². The molecule has 0 aromatic heterocycles. The fourth-order valence-corrected chi connectivity index (χ4v) is 1.02. The second-order valence-electron chi connectivity index (χ2n) is 2.64. The zero-order chi connectivity index (χ0) is 8.97. The molecule has 0 saturated carbocycles. The van der Waals surface area contributed by atoms with Gasteiger partial charge in [0.2, 0.25) is 0 Å². The number of hydrogen-bond acceptors (Lipinski definition) is 3. The molecular formula is C9H13NO2. The maximum Gasteiger partial charge on any atom is 0.102 e. The van der Waals surface area contributed by atoms with Crippen LogP contribution in [0, 0.1) is 0 Å². The molecule has 0 aliphatic carbocycles. The highest BCUT2D eigenvalue weighted by Gasteiger charge is 2.05. The maximum absolute atomic E-state index is 9.46. The molecule has 66 valence electrons. The van der Waals surface area contributed by atoms with Crippen LogP contribution in [0.1, 0.15) is 11.7 Å². The molecule has 0 spiro atoms. The Hall–Kier alpha value is -1.06. The molecular weight excluding hydrogens is 154 g/mol. The van der Waals surface area contributed by atoms with E-state index in [1.54, 1.807) is 19.2 Å². The Bertz CT molecular complexity index is 250. The Labute approximate surface area is 71.8 Å². The first kappa shape index (κ1) is 9.03. The van der Waals surface area contributed by atoms with Gasteiger partial charge in [-0.2, -0.15) is 0 Å². The van der Waals surface area contributed by atoms with Gasteiger partial charge in [-0.3, -0.25) is 0 Å². The lowest BCUT2D eigenvalue weighted by Gasteiger charge is -2.09. The number of aliphatic hydroxyl groups is 1. The molecule has 1 aromatic carbocycles. The van der Waals surface area contributed by atoms with Gasteiger partial charge in [-0.1, -0.05) is 12.1 Å². The Morgan fingerprint density at radius 3 is 2.92 bits per heavy atom. The predicted octanol–water partition coefficient (Wildman–Crippen LogP) is 0.949. The number of hydrogen-bond donors (Lipinski definition) is 2. The van der Waals surface area contributed by atoms with Gasteiger partial charge >= 0.3 is 0 Å². The minimum atomic E-state index is -0.585. The molecule has 0 aliphatic heterocycles. The molecule has 12 heavy (non-hydrogen) atoms. The minimum Gasteiger partial charge on any atom is -0.399 e. The highest BCUT2D eigenvalue weighted by atomic mass is 16.5. The van der Waals surface area contributed by atoms with E-state index in [-0.39, 0.29) is 0 Å². The van der Waals surface area contributed by atoms with Crippen molar-refractivity contribution in [1.82, 2.24) is 0 Å². The highest BCUT2D eigenvalue weighted by molar-refractivity contribution is 5.41. The van der Waals surface area contributed by atoms with Crippen molar-refractivity contribution in [2.24, 2.45) is 0 Å². The normalized spacial score (nSPS) is 12.8. The van der Waals surface area contributed by atoms with Crippen LogP contribution in [0.2, 0.25) is 0 Å². The number of rotatable bonds is 3. The summed E-state index contributed by atoms with van der Waals surface area (Å²) in [4.78, 5) is 0. The zero-order valence-electron chi connectivity index (χ0n) is 7.03. The number of anilines is 1. The predicted molar refractivity (Wildman–Crippen MR) is 47.7 cm³/mol. The molecule has 0 unspecified atom stereocenters. The first-order valence-electron chi connectivity index (χ1n) is 3.76. The lowest BCUT2D eigenvalue weighted by atomic mass is 10.1. The third-order valence-corrected chi connectivity index (χ3v) is 1.62. The summed E-state index contributed by atoms with van der Waals surface area (Å²) < 4.78 is 4.81. The van der Waals surface area contributed by atoms with E-state index < -0.39 is 6.10 Å². The van der Waals surface area contributed by atoms with Crippen molar-refractivity contribution in [3.05, 3.63) is 29.8 Å². The molecule has 0 radical (unpaired) electrons. The second-order valence-corrected chi connectivity index (χ2v) is 2.64. The van der Waals surface area contributed by atoms with E-state index in [0.717, 1.165) is 5.56 Å². The van der Waals surface area contributed by atoms with Crippen molar-refractivity contribution in [3.8, 4) is 0 Å². The fourth-order valence-electron chi connectivity index (χ4n) is 1.02. The van der Waals surface area contributed by atoms with Crippen molar-refractivity contribution in [2.45, 2.75) is 6.10 Å². The first-order chi connectivity index (χ1) is 5.74. The number of benzene rings is 1. The molecule has 0 fully saturated rings. The topological polar surface area (TPSA) is 55.5 Å². The van der Waals surface area contributed by atoms with E-state index in [0.29, 0.717) is 12.3 Å². The molecule has 3 nitrogen and oxygen atoms in total. The third-order valence-electron chi connectivity index (χ3n) is 1.62. The fraction of sp³-hybridized carbons (Fsp3) is 0.333. The van der Waals surface area contributed by atoms with Gasteiger partial charge in [-0.05, 0) is 17.7 Å². The molecule has 0 saturated heterocycles. The number of ether oxygens (including phenoxy) is 1. The van der Waals surface area contributed by atoms with Crippen LogP contribution in [0.4, 0.5) is 5.69 Å². The Kier molecular flexibility index (Phi) is 3.08. The van der Waals surface area contributed by atoms with Gasteiger partial charge in [0.25, 0.3) is 0 Å². The van der Waals surface area contributed by atoms with E-state index in [4.69, 9.17) is 10.5 Å². The van der Waals surface area contributed by atoms with Crippen molar-refractivity contribution >= 4 is 5.69 Å². The molecule has 1 atom stereocenters. The monoisotopic (exact) mass is 167 g/mol. The summed E-state index contributed by atoms with van der Waals surface area (Å²) in [5.41, 5.74) is 6.98. The largest absolute Gasteiger partial charge is 0.399 e. The lowest BCUT2D eigenvalue weighted by Crippen LogP contribution is -2.05. The molecule has 3 N–H and O–H groups in total. The van der Waals surface area contributed by atoms with Gasteiger partial charge in [0, 0.05) is 12.8 Å². The summed E-state index contributed by atoms with van der Waals surface area (Å²) in [6, 6.07) is 7.15. The van der Waals surface area contributed by atoms with Crippen LogP contribution in [-0.4, -0.2) is 18.8 Å². The first-order valence-corrected chi connectivity index (χ1v) is 3.76. The van der Waals surface area contributed by atoms with Crippen molar-refractivity contribution in [3.63, 3.8) is 0 Å². The van der Waals surface area contributed by atoms with E-state index >= 15 is 0 Å². The van der Waals surface area contributed by atoms with Gasteiger partial charge in [-0.15, -0.1) is 0 Å². The third kappa shape index (κ3) is 2.22. The Balaban J connectivity index is 2.73. The standard InChI is InChI=1S/C9H13NO2/c1-12-6-9(11)7-3-2-4-8(10)5-7/h2-5,9,11H,6,10H2,1H3/t9-/m0/s1. The van der Waals surface area contributed by atoms with Crippen LogP contribution in [0.25, 0.3) is 0 Å². The van der Waals surface area contributed by atoms with E-state index in [9.17, 15) is 5.11 Å².